The molecular weight excluding hydrogens is 174 g/mol. The maximum atomic E-state index is 11.2. The minimum Gasteiger partial charge on any atom is -0.396 e. The lowest BCUT2D eigenvalue weighted by Gasteiger charge is -2.27. The molecule has 1 rings (SSSR count). The number of amides is 2. The Morgan fingerprint density at radius 1 is 1.38 bits per heavy atom. The van der Waals surface area contributed by atoms with Gasteiger partial charge in [0.05, 0.1) is 0 Å². The van der Waals surface area contributed by atoms with E-state index in [4.69, 9.17) is 10.2 Å². The predicted octanol–water partition coefficient (Wildman–Crippen LogP) is -1.36. The van der Waals surface area contributed by atoms with Gasteiger partial charge in [0.25, 0.3) is 0 Å². The van der Waals surface area contributed by atoms with Crippen LogP contribution in [0.3, 0.4) is 0 Å². The van der Waals surface area contributed by atoms with Crippen molar-refractivity contribution >= 4 is 11.8 Å². The van der Waals surface area contributed by atoms with Crippen molar-refractivity contribution in [2.75, 3.05) is 13.2 Å². The highest BCUT2D eigenvalue weighted by Crippen LogP contribution is 2.22. The molecule has 0 radical (unpaired) electrons. The number of piperidine rings is 1. The van der Waals surface area contributed by atoms with Crippen LogP contribution in [0.1, 0.15) is 12.8 Å². The van der Waals surface area contributed by atoms with Crippen LogP contribution in [0.4, 0.5) is 0 Å². The van der Waals surface area contributed by atoms with Gasteiger partial charge in [0.15, 0.2) is 0 Å². The van der Waals surface area contributed by atoms with Crippen molar-refractivity contribution in [1.82, 2.24) is 5.32 Å². The smallest absolute Gasteiger partial charge is 0.230 e. The molecule has 3 N–H and O–H groups in total. The van der Waals surface area contributed by atoms with E-state index in [2.05, 4.69) is 5.32 Å². The second-order valence-electron chi connectivity index (χ2n) is 3.18. The van der Waals surface area contributed by atoms with Gasteiger partial charge in [-0.25, -0.2) is 0 Å². The lowest BCUT2D eigenvalue weighted by atomic mass is 9.84. The van der Waals surface area contributed by atoms with Crippen LogP contribution in [-0.2, 0) is 9.59 Å². The summed E-state index contributed by atoms with van der Waals surface area (Å²) in [5.74, 6) is -1.51. The Bertz CT molecular complexity index is 216. The third-order valence-electron chi connectivity index (χ3n) is 2.29. The van der Waals surface area contributed by atoms with Gasteiger partial charge in [-0.3, -0.25) is 14.9 Å². The number of nitrogens with one attached hydrogen (secondary N) is 1. The minimum absolute atomic E-state index is 0.108. The van der Waals surface area contributed by atoms with Gasteiger partial charge in [0.2, 0.25) is 11.8 Å². The lowest BCUT2D eigenvalue weighted by molar-refractivity contribution is -0.140. The van der Waals surface area contributed by atoms with E-state index in [-0.39, 0.29) is 37.4 Å². The average Bonchev–Trinajstić information content (AvgIpc) is 2.09. The minimum atomic E-state index is -0.437. The molecule has 0 spiro atoms. The van der Waals surface area contributed by atoms with E-state index in [1.807, 2.05) is 0 Å². The summed E-state index contributed by atoms with van der Waals surface area (Å²) in [6, 6.07) is 0. The van der Waals surface area contributed by atoms with E-state index in [1.165, 1.54) is 0 Å². The van der Waals surface area contributed by atoms with Gasteiger partial charge in [-0.15, -0.1) is 0 Å². The molecule has 2 atom stereocenters. The largest absolute Gasteiger partial charge is 0.396 e. The van der Waals surface area contributed by atoms with Crippen molar-refractivity contribution in [1.29, 1.82) is 0 Å². The van der Waals surface area contributed by atoms with E-state index >= 15 is 0 Å². The van der Waals surface area contributed by atoms with E-state index in [0.29, 0.717) is 6.42 Å². The molecule has 0 bridgehead atoms. The summed E-state index contributed by atoms with van der Waals surface area (Å²) < 4.78 is 0. The summed E-state index contributed by atoms with van der Waals surface area (Å²) in [5, 5.41) is 19.8. The van der Waals surface area contributed by atoms with Crippen molar-refractivity contribution in [2.45, 2.75) is 12.8 Å². The molecule has 2 unspecified atom stereocenters. The highest BCUT2D eigenvalue weighted by Gasteiger charge is 2.34. The molecule has 2 amide bonds. The number of aliphatic hydroxyl groups is 2. The molecule has 0 aromatic rings. The fourth-order valence-electron chi connectivity index (χ4n) is 1.57. The average molecular weight is 187 g/mol. The Balaban J connectivity index is 2.65. The van der Waals surface area contributed by atoms with Crippen molar-refractivity contribution in [2.24, 2.45) is 11.8 Å². The zero-order chi connectivity index (χ0) is 9.84. The first-order valence-electron chi connectivity index (χ1n) is 4.24. The third-order valence-corrected chi connectivity index (χ3v) is 2.29. The van der Waals surface area contributed by atoms with Gasteiger partial charge < -0.3 is 10.2 Å². The first-order valence-corrected chi connectivity index (χ1v) is 4.24. The molecule has 13 heavy (non-hydrogen) atoms. The van der Waals surface area contributed by atoms with Crippen LogP contribution >= 0.6 is 0 Å². The number of carbonyl (C=O) groups excluding carboxylic acids is 2. The number of rotatable bonds is 3. The molecule has 5 heteroatoms. The van der Waals surface area contributed by atoms with Gasteiger partial charge in [-0.2, -0.15) is 0 Å². The van der Waals surface area contributed by atoms with Gasteiger partial charge >= 0.3 is 0 Å². The molecule has 1 aliphatic rings. The summed E-state index contributed by atoms with van der Waals surface area (Å²) in [7, 11) is 0. The maximum absolute atomic E-state index is 11.2. The van der Waals surface area contributed by atoms with E-state index in [9.17, 15) is 9.59 Å². The fourth-order valence-corrected chi connectivity index (χ4v) is 1.57. The summed E-state index contributed by atoms with van der Waals surface area (Å²) in [6.07, 6.45) is 0.456. The second-order valence-corrected chi connectivity index (χ2v) is 3.18. The van der Waals surface area contributed by atoms with E-state index < -0.39 is 5.92 Å². The number of hydrogen-bond acceptors (Lipinski definition) is 4. The Morgan fingerprint density at radius 2 is 2.08 bits per heavy atom. The SMILES string of the molecule is O=C1CC(CO)C(CCO)C(=O)N1. The van der Waals surface area contributed by atoms with Crippen LogP contribution in [0, 0.1) is 11.8 Å². The van der Waals surface area contributed by atoms with Gasteiger partial charge in [-0.1, -0.05) is 0 Å². The summed E-state index contributed by atoms with van der Waals surface area (Å²) in [5.41, 5.74) is 0. The van der Waals surface area contributed by atoms with E-state index in [1.54, 1.807) is 0 Å². The highest BCUT2D eigenvalue weighted by atomic mass is 16.3. The summed E-state index contributed by atoms with van der Waals surface area (Å²) >= 11 is 0. The molecule has 0 aromatic heterocycles. The fraction of sp³-hybridized carbons (Fsp3) is 0.750. The summed E-state index contributed by atoms with van der Waals surface area (Å²) in [4.78, 5) is 22.1. The first kappa shape index (κ1) is 10.1. The van der Waals surface area contributed by atoms with Crippen LogP contribution in [0.5, 0.6) is 0 Å². The standard InChI is InChI=1S/C8H13NO4/c10-2-1-6-5(4-11)3-7(12)9-8(6)13/h5-6,10-11H,1-4H2,(H,9,12,13). The normalized spacial score (nSPS) is 28.8. The zero-order valence-electron chi connectivity index (χ0n) is 7.19. The van der Waals surface area contributed by atoms with Crippen LogP contribution in [0.2, 0.25) is 0 Å². The molecule has 0 saturated carbocycles. The molecule has 74 valence electrons. The van der Waals surface area contributed by atoms with Gasteiger partial charge in [0.1, 0.15) is 0 Å². The second kappa shape index (κ2) is 4.34. The lowest BCUT2D eigenvalue weighted by Crippen LogP contribution is -2.47. The number of aliphatic hydroxyl groups excluding tert-OH is 2. The van der Waals surface area contributed by atoms with Gasteiger partial charge in [-0.05, 0) is 6.42 Å². The molecule has 0 aromatic carbocycles. The summed E-state index contributed by atoms with van der Waals surface area (Å²) in [6.45, 7) is -0.299. The molecule has 1 heterocycles. The van der Waals surface area contributed by atoms with Crippen molar-refractivity contribution in [3.63, 3.8) is 0 Å². The zero-order valence-corrected chi connectivity index (χ0v) is 7.19. The number of hydrogen-bond donors (Lipinski definition) is 3. The van der Waals surface area contributed by atoms with Crippen LogP contribution < -0.4 is 5.32 Å². The van der Waals surface area contributed by atoms with E-state index in [0.717, 1.165) is 0 Å². The van der Waals surface area contributed by atoms with Crippen LogP contribution in [0.25, 0.3) is 0 Å². The topological polar surface area (TPSA) is 86.6 Å². The monoisotopic (exact) mass is 187 g/mol. The highest BCUT2D eigenvalue weighted by molar-refractivity contribution is 5.99. The number of imide groups is 1. The molecule has 1 aliphatic heterocycles. The maximum Gasteiger partial charge on any atom is 0.230 e. The number of carbonyl (C=O) groups is 2. The molecule has 0 aliphatic carbocycles. The first-order chi connectivity index (χ1) is 6.19. The van der Waals surface area contributed by atoms with Crippen molar-refractivity contribution < 1.29 is 19.8 Å². The molecule has 1 saturated heterocycles. The predicted molar refractivity (Wildman–Crippen MR) is 43.5 cm³/mol. The van der Waals surface area contributed by atoms with Gasteiger partial charge in [0, 0.05) is 31.5 Å². The van der Waals surface area contributed by atoms with Crippen LogP contribution in [-0.4, -0.2) is 35.2 Å². The third kappa shape index (κ3) is 2.26. The Labute approximate surface area is 75.7 Å². The van der Waals surface area contributed by atoms with Crippen LogP contribution in [0.15, 0.2) is 0 Å². The Kier molecular flexibility index (Phi) is 3.39. The molecule has 5 nitrogen and oxygen atoms in total. The molecule has 1 fully saturated rings. The van der Waals surface area contributed by atoms with Crippen molar-refractivity contribution in [3.05, 3.63) is 0 Å². The quantitative estimate of drug-likeness (QED) is 0.476. The molecular formula is C8H13NO4. The Morgan fingerprint density at radius 3 is 2.62 bits per heavy atom. The Hall–Kier alpha value is -0.940. The van der Waals surface area contributed by atoms with Crippen molar-refractivity contribution in [3.8, 4) is 0 Å².